The highest BCUT2D eigenvalue weighted by molar-refractivity contribution is 7.14. The van der Waals surface area contributed by atoms with Gasteiger partial charge in [-0.3, -0.25) is 0 Å². The molecule has 1 aromatic heterocycles. The number of hydrogen-bond acceptors (Lipinski definition) is 3. The molecule has 0 saturated heterocycles. The van der Waals surface area contributed by atoms with Crippen LogP contribution in [0.3, 0.4) is 0 Å². The molecule has 0 fully saturated rings. The van der Waals surface area contributed by atoms with Crippen molar-refractivity contribution in [1.82, 2.24) is 4.90 Å². The van der Waals surface area contributed by atoms with E-state index in [1.165, 1.54) is 11.1 Å². The molecule has 0 spiro atoms. The number of ether oxygens (including phenoxy) is 1. The number of hydrogen-bond donors (Lipinski definition) is 0. The number of rotatable bonds is 1. The minimum Gasteiger partial charge on any atom is -0.444 e. The van der Waals surface area contributed by atoms with Crippen molar-refractivity contribution in [1.29, 1.82) is 0 Å². The number of amides is 1. The van der Waals surface area contributed by atoms with Crippen molar-refractivity contribution in [3.05, 3.63) is 20.8 Å². The SMILES string of the molecule is CN(C(=O)OC(C)(C)C)C1CCc2csc(Cl)c2C1. The van der Waals surface area contributed by atoms with E-state index in [0.717, 1.165) is 23.6 Å². The molecule has 0 saturated carbocycles. The Morgan fingerprint density at radius 2 is 2.21 bits per heavy atom. The summed E-state index contributed by atoms with van der Waals surface area (Å²) in [7, 11) is 1.81. The van der Waals surface area contributed by atoms with Gasteiger partial charge >= 0.3 is 6.09 Å². The average Bonchev–Trinajstić information content (AvgIpc) is 2.67. The Balaban J connectivity index is 2.04. The first kappa shape index (κ1) is 14.7. The summed E-state index contributed by atoms with van der Waals surface area (Å²) >= 11 is 7.78. The fourth-order valence-electron chi connectivity index (χ4n) is 2.29. The van der Waals surface area contributed by atoms with Gasteiger partial charge in [-0.1, -0.05) is 11.6 Å². The quantitative estimate of drug-likeness (QED) is 0.780. The smallest absolute Gasteiger partial charge is 0.410 e. The normalized spacial score (nSPS) is 18.9. The molecular weight excluding hydrogens is 282 g/mol. The highest BCUT2D eigenvalue weighted by Gasteiger charge is 2.29. The number of halogens is 1. The number of aryl methyl sites for hydroxylation is 1. The number of nitrogens with zero attached hydrogens (tertiary/aromatic N) is 1. The van der Waals surface area contributed by atoms with E-state index in [0.29, 0.717) is 0 Å². The Morgan fingerprint density at radius 1 is 1.53 bits per heavy atom. The Morgan fingerprint density at radius 3 is 2.84 bits per heavy atom. The highest BCUT2D eigenvalue weighted by atomic mass is 35.5. The Hall–Kier alpha value is -0.740. The molecule has 1 aliphatic rings. The van der Waals surface area contributed by atoms with Crippen molar-refractivity contribution in [3.63, 3.8) is 0 Å². The second kappa shape index (κ2) is 5.33. The number of carbonyl (C=O) groups is 1. The van der Waals surface area contributed by atoms with Crippen LogP contribution in [0.2, 0.25) is 4.34 Å². The number of fused-ring (bicyclic) bond motifs is 1. The molecule has 1 unspecified atom stereocenters. The minimum absolute atomic E-state index is 0.175. The van der Waals surface area contributed by atoms with Crippen LogP contribution in [0.4, 0.5) is 4.79 Å². The third-order valence-electron chi connectivity index (χ3n) is 3.35. The second-order valence-electron chi connectivity index (χ2n) is 6.00. The Kier molecular flexibility index (Phi) is 4.11. The molecule has 0 aromatic carbocycles. The van der Waals surface area contributed by atoms with Gasteiger partial charge in [-0.25, -0.2) is 4.79 Å². The van der Waals surface area contributed by atoms with Crippen molar-refractivity contribution >= 4 is 29.0 Å². The van der Waals surface area contributed by atoms with E-state index in [9.17, 15) is 4.79 Å². The second-order valence-corrected chi connectivity index (χ2v) is 7.48. The van der Waals surface area contributed by atoms with Gasteiger partial charge in [-0.2, -0.15) is 0 Å². The van der Waals surface area contributed by atoms with Crippen LogP contribution in [0.25, 0.3) is 0 Å². The van der Waals surface area contributed by atoms with E-state index in [1.54, 1.807) is 16.2 Å². The van der Waals surface area contributed by atoms with Crippen molar-refractivity contribution in [2.45, 2.75) is 51.7 Å². The molecule has 1 aromatic rings. The summed E-state index contributed by atoms with van der Waals surface area (Å²) in [4.78, 5) is 13.8. The van der Waals surface area contributed by atoms with Crippen LogP contribution in [0.15, 0.2) is 5.38 Å². The van der Waals surface area contributed by atoms with Gasteiger partial charge in [0.05, 0.1) is 4.34 Å². The first-order valence-corrected chi connectivity index (χ1v) is 7.74. The van der Waals surface area contributed by atoms with E-state index in [1.807, 2.05) is 27.8 Å². The molecule has 5 heteroatoms. The largest absolute Gasteiger partial charge is 0.444 e. The molecule has 0 radical (unpaired) electrons. The van der Waals surface area contributed by atoms with Crippen LogP contribution in [0.5, 0.6) is 0 Å². The highest BCUT2D eigenvalue weighted by Crippen LogP contribution is 2.34. The molecule has 1 amide bonds. The summed E-state index contributed by atoms with van der Waals surface area (Å²) in [6.07, 6.45) is 2.52. The molecule has 3 nitrogen and oxygen atoms in total. The standard InChI is InChI=1S/C14H20ClNO2S/c1-14(2,3)18-13(17)16(4)10-6-5-9-8-19-12(15)11(9)7-10/h8,10H,5-7H2,1-4H3. The number of thiophene rings is 1. The summed E-state index contributed by atoms with van der Waals surface area (Å²) in [5, 5.41) is 2.13. The fraction of sp³-hybridized carbons (Fsp3) is 0.643. The van der Waals surface area contributed by atoms with Gasteiger partial charge in [0.25, 0.3) is 0 Å². The van der Waals surface area contributed by atoms with Crippen LogP contribution in [-0.4, -0.2) is 29.7 Å². The Labute approximate surface area is 123 Å². The molecule has 106 valence electrons. The molecule has 1 heterocycles. The molecule has 1 atom stereocenters. The van der Waals surface area contributed by atoms with E-state index in [-0.39, 0.29) is 12.1 Å². The zero-order valence-corrected chi connectivity index (χ0v) is 13.4. The van der Waals surface area contributed by atoms with Crippen molar-refractivity contribution in [2.24, 2.45) is 0 Å². The van der Waals surface area contributed by atoms with E-state index < -0.39 is 5.60 Å². The van der Waals surface area contributed by atoms with Crippen molar-refractivity contribution < 1.29 is 9.53 Å². The minimum atomic E-state index is -0.453. The zero-order chi connectivity index (χ0) is 14.2. The lowest BCUT2D eigenvalue weighted by Crippen LogP contribution is -2.43. The van der Waals surface area contributed by atoms with Crippen LogP contribution < -0.4 is 0 Å². The molecule has 2 rings (SSSR count). The van der Waals surface area contributed by atoms with Crippen molar-refractivity contribution in [3.8, 4) is 0 Å². The van der Waals surface area contributed by atoms with Gasteiger partial charge in [0.15, 0.2) is 0 Å². The Bertz CT molecular complexity index is 478. The first-order chi connectivity index (χ1) is 8.78. The van der Waals surface area contributed by atoms with Gasteiger partial charge in [0, 0.05) is 13.1 Å². The topological polar surface area (TPSA) is 29.5 Å². The van der Waals surface area contributed by atoms with Crippen molar-refractivity contribution in [2.75, 3.05) is 7.05 Å². The maximum absolute atomic E-state index is 12.1. The maximum Gasteiger partial charge on any atom is 0.410 e. The average molecular weight is 302 g/mol. The summed E-state index contributed by atoms with van der Waals surface area (Å²) in [6, 6.07) is 0.175. The predicted octanol–water partition coefficient (Wildman–Crippen LogP) is 4.13. The van der Waals surface area contributed by atoms with Gasteiger partial charge < -0.3 is 9.64 Å². The molecule has 0 aliphatic heterocycles. The summed E-state index contributed by atoms with van der Waals surface area (Å²) in [5.41, 5.74) is 2.09. The van der Waals surface area contributed by atoms with E-state index in [2.05, 4.69) is 5.38 Å². The predicted molar refractivity (Wildman–Crippen MR) is 79.1 cm³/mol. The molecule has 1 aliphatic carbocycles. The monoisotopic (exact) mass is 301 g/mol. The van der Waals surface area contributed by atoms with Gasteiger partial charge in [-0.05, 0) is 56.5 Å². The van der Waals surface area contributed by atoms with Crippen LogP contribution in [0, 0.1) is 0 Å². The lowest BCUT2D eigenvalue weighted by Gasteiger charge is -2.33. The first-order valence-electron chi connectivity index (χ1n) is 6.48. The van der Waals surface area contributed by atoms with Crippen LogP contribution >= 0.6 is 22.9 Å². The van der Waals surface area contributed by atoms with Gasteiger partial charge in [-0.15, -0.1) is 11.3 Å². The molecular formula is C14H20ClNO2S. The third kappa shape index (κ3) is 3.42. The summed E-state index contributed by atoms with van der Waals surface area (Å²) in [5.74, 6) is 0. The summed E-state index contributed by atoms with van der Waals surface area (Å²) < 4.78 is 6.27. The zero-order valence-electron chi connectivity index (χ0n) is 11.8. The van der Waals surface area contributed by atoms with Crippen LogP contribution in [0.1, 0.15) is 38.3 Å². The lowest BCUT2D eigenvalue weighted by molar-refractivity contribution is 0.0210. The maximum atomic E-state index is 12.1. The molecule has 0 bridgehead atoms. The number of carbonyl (C=O) groups excluding carboxylic acids is 1. The summed E-state index contributed by atoms with van der Waals surface area (Å²) in [6.45, 7) is 5.65. The number of likely N-dealkylation sites (N-methyl/N-ethyl adjacent to an activating group) is 1. The lowest BCUT2D eigenvalue weighted by atomic mass is 9.91. The molecule has 19 heavy (non-hydrogen) atoms. The fourth-order valence-corrected chi connectivity index (χ4v) is 3.48. The van der Waals surface area contributed by atoms with Crippen LogP contribution in [-0.2, 0) is 17.6 Å². The van der Waals surface area contributed by atoms with E-state index >= 15 is 0 Å². The van der Waals surface area contributed by atoms with E-state index in [4.69, 9.17) is 16.3 Å². The third-order valence-corrected chi connectivity index (χ3v) is 4.70. The van der Waals surface area contributed by atoms with Gasteiger partial charge in [0.1, 0.15) is 5.60 Å². The van der Waals surface area contributed by atoms with Gasteiger partial charge in [0.2, 0.25) is 0 Å². The molecule has 0 N–H and O–H groups in total.